The van der Waals surface area contributed by atoms with Gasteiger partial charge in [0, 0.05) is 24.4 Å². The molecule has 0 fully saturated rings. The molecule has 13 heavy (non-hydrogen) atoms. The van der Waals surface area contributed by atoms with Gasteiger partial charge in [0.05, 0.1) is 0 Å². The summed E-state index contributed by atoms with van der Waals surface area (Å²) in [5, 5.41) is 0. The Morgan fingerprint density at radius 1 is 1.46 bits per heavy atom. The lowest BCUT2D eigenvalue weighted by atomic mass is 9.95. The third-order valence-corrected chi connectivity index (χ3v) is 1.63. The Hall–Kier alpha value is -0.990. The molecule has 0 unspecified atom stereocenters. The van der Waals surface area contributed by atoms with Crippen LogP contribution in [0.2, 0.25) is 0 Å². The van der Waals surface area contributed by atoms with Crippen LogP contribution >= 0.6 is 0 Å². The highest BCUT2D eigenvalue weighted by Gasteiger charge is 2.25. The van der Waals surface area contributed by atoms with E-state index in [4.69, 9.17) is 5.73 Å². The maximum atomic E-state index is 11.8. The van der Waals surface area contributed by atoms with Crippen LogP contribution < -0.4 is 5.73 Å². The Kier molecular flexibility index (Phi) is 4.52. The zero-order chi connectivity index (χ0) is 10.5. The molecule has 0 saturated carbocycles. The lowest BCUT2D eigenvalue weighted by molar-refractivity contribution is -0.136. The van der Waals surface area contributed by atoms with Crippen LogP contribution in [0.25, 0.3) is 0 Å². The number of carbonyl (C=O) groups is 1. The minimum atomic E-state index is -0.339. The van der Waals surface area contributed by atoms with Crippen molar-refractivity contribution in [3.05, 3.63) is 12.4 Å². The van der Waals surface area contributed by atoms with E-state index in [1.807, 2.05) is 27.7 Å². The molecular weight excluding hydrogens is 164 g/mol. The second-order valence-electron chi connectivity index (χ2n) is 4.09. The number of hydrogen-bond acceptors (Lipinski definition) is 2. The highest BCUT2D eigenvalue weighted by atomic mass is 16.2. The van der Waals surface area contributed by atoms with E-state index in [1.165, 1.54) is 6.20 Å². The van der Waals surface area contributed by atoms with Gasteiger partial charge >= 0.3 is 0 Å². The molecule has 0 atom stereocenters. The highest BCUT2D eigenvalue weighted by molar-refractivity contribution is 5.82. The highest BCUT2D eigenvalue weighted by Crippen LogP contribution is 2.17. The lowest BCUT2D eigenvalue weighted by Gasteiger charge is -2.26. The average molecular weight is 184 g/mol. The topological polar surface area (TPSA) is 46.3 Å². The number of hydrogen-bond donors (Lipinski definition) is 1. The minimum Gasteiger partial charge on any atom is -0.403 e. The van der Waals surface area contributed by atoms with Gasteiger partial charge in [-0.3, -0.25) is 4.79 Å². The minimum absolute atomic E-state index is 0.107. The zero-order valence-electron chi connectivity index (χ0n) is 9.00. The summed E-state index contributed by atoms with van der Waals surface area (Å²) in [7, 11) is 0. The van der Waals surface area contributed by atoms with Crippen molar-refractivity contribution >= 4 is 5.91 Å². The van der Waals surface area contributed by atoms with Gasteiger partial charge in [0.1, 0.15) is 0 Å². The molecule has 0 aromatic heterocycles. The summed E-state index contributed by atoms with van der Waals surface area (Å²) in [4.78, 5) is 13.4. The van der Waals surface area contributed by atoms with Crippen LogP contribution in [-0.2, 0) is 4.79 Å². The molecule has 0 bridgehead atoms. The first-order valence-corrected chi connectivity index (χ1v) is 4.63. The largest absolute Gasteiger partial charge is 0.403 e. The van der Waals surface area contributed by atoms with Crippen LogP contribution in [0, 0.1) is 5.41 Å². The Balaban J connectivity index is 4.46. The van der Waals surface area contributed by atoms with Crippen molar-refractivity contribution in [2.24, 2.45) is 11.1 Å². The van der Waals surface area contributed by atoms with Crippen molar-refractivity contribution in [1.29, 1.82) is 0 Å². The van der Waals surface area contributed by atoms with Gasteiger partial charge in [-0.2, -0.15) is 0 Å². The zero-order valence-corrected chi connectivity index (χ0v) is 9.00. The fourth-order valence-electron chi connectivity index (χ4n) is 1.02. The predicted molar refractivity (Wildman–Crippen MR) is 54.8 cm³/mol. The van der Waals surface area contributed by atoms with Crippen molar-refractivity contribution in [2.75, 3.05) is 6.54 Å². The number of carbonyl (C=O) groups excluding carboxylic acids is 1. The van der Waals surface area contributed by atoms with Crippen LogP contribution in [0.15, 0.2) is 12.4 Å². The van der Waals surface area contributed by atoms with Crippen LogP contribution in [-0.4, -0.2) is 17.4 Å². The van der Waals surface area contributed by atoms with Gasteiger partial charge < -0.3 is 10.6 Å². The van der Waals surface area contributed by atoms with E-state index in [-0.39, 0.29) is 11.3 Å². The summed E-state index contributed by atoms with van der Waals surface area (Å²) in [6.45, 7) is 8.48. The molecular formula is C10H20N2O. The monoisotopic (exact) mass is 184 g/mol. The van der Waals surface area contributed by atoms with E-state index in [0.717, 1.165) is 13.0 Å². The molecule has 0 heterocycles. The molecule has 0 aliphatic carbocycles. The summed E-state index contributed by atoms with van der Waals surface area (Å²) in [5.41, 5.74) is 4.93. The molecule has 0 spiro atoms. The molecule has 0 radical (unpaired) electrons. The van der Waals surface area contributed by atoms with Gasteiger partial charge in [0.25, 0.3) is 0 Å². The maximum absolute atomic E-state index is 11.8. The second-order valence-corrected chi connectivity index (χ2v) is 4.09. The van der Waals surface area contributed by atoms with Gasteiger partial charge in [-0.05, 0) is 6.42 Å². The quantitative estimate of drug-likeness (QED) is 0.725. The van der Waals surface area contributed by atoms with E-state index in [2.05, 4.69) is 0 Å². The standard InChI is InChI=1S/C10H20N2O/c1-5-7-12(8-6-11)9(13)10(2,3)4/h6,8H,5,7,11H2,1-4H3/b8-6-. The van der Waals surface area contributed by atoms with Gasteiger partial charge in [-0.15, -0.1) is 0 Å². The number of amides is 1. The summed E-state index contributed by atoms with van der Waals surface area (Å²) in [6.07, 6.45) is 3.97. The molecule has 76 valence electrons. The van der Waals surface area contributed by atoms with E-state index in [1.54, 1.807) is 11.1 Å². The lowest BCUT2D eigenvalue weighted by Crippen LogP contribution is -2.36. The number of nitrogens with two attached hydrogens (primary N) is 1. The summed E-state index contributed by atoms with van der Waals surface area (Å²) < 4.78 is 0. The second kappa shape index (κ2) is 4.90. The van der Waals surface area contributed by atoms with Crippen molar-refractivity contribution in [1.82, 2.24) is 4.90 Å². The molecule has 3 nitrogen and oxygen atoms in total. The molecule has 2 N–H and O–H groups in total. The molecule has 0 aromatic rings. The van der Waals surface area contributed by atoms with Crippen LogP contribution in [0.5, 0.6) is 0 Å². The van der Waals surface area contributed by atoms with E-state index in [9.17, 15) is 4.79 Å². The van der Waals surface area contributed by atoms with E-state index >= 15 is 0 Å². The summed E-state index contributed by atoms with van der Waals surface area (Å²) in [6, 6.07) is 0. The molecule has 0 rings (SSSR count). The predicted octanol–water partition coefficient (Wildman–Crippen LogP) is 1.70. The van der Waals surface area contributed by atoms with Crippen LogP contribution in [0.1, 0.15) is 34.1 Å². The summed E-state index contributed by atoms with van der Waals surface area (Å²) >= 11 is 0. The van der Waals surface area contributed by atoms with Gasteiger partial charge in [-0.1, -0.05) is 27.7 Å². The summed E-state index contributed by atoms with van der Waals surface area (Å²) in [5.74, 6) is 0.107. The molecule has 0 aromatic carbocycles. The fourth-order valence-corrected chi connectivity index (χ4v) is 1.02. The van der Waals surface area contributed by atoms with Gasteiger partial charge in [0.2, 0.25) is 5.91 Å². The van der Waals surface area contributed by atoms with E-state index < -0.39 is 0 Å². The Labute approximate surface area is 80.6 Å². The normalized spacial score (nSPS) is 12.0. The van der Waals surface area contributed by atoms with Crippen molar-refractivity contribution in [2.45, 2.75) is 34.1 Å². The molecule has 1 amide bonds. The van der Waals surface area contributed by atoms with Crippen molar-refractivity contribution in [3.8, 4) is 0 Å². The van der Waals surface area contributed by atoms with E-state index in [0.29, 0.717) is 0 Å². The first-order valence-electron chi connectivity index (χ1n) is 4.63. The average Bonchev–Trinajstić information content (AvgIpc) is 2.01. The Morgan fingerprint density at radius 3 is 2.31 bits per heavy atom. The van der Waals surface area contributed by atoms with Crippen molar-refractivity contribution < 1.29 is 4.79 Å². The Bertz CT molecular complexity index is 192. The third kappa shape index (κ3) is 3.97. The Morgan fingerprint density at radius 2 is 2.00 bits per heavy atom. The SMILES string of the molecule is CCCN(/C=C\N)C(=O)C(C)(C)C. The molecule has 0 aliphatic rings. The van der Waals surface area contributed by atoms with Crippen LogP contribution in [0.3, 0.4) is 0 Å². The molecule has 0 aliphatic heterocycles. The van der Waals surface area contributed by atoms with Gasteiger partial charge in [-0.25, -0.2) is 0 Å². The molecule has 0 saturated heterocycles. The molecule has 3 heteroatoms. The smallest absolute Gasteiger partial charge is 0.231 e. The fraction of sp³-hybridized carbons (Fsp3) is 0.700. The van der Waals surface area contributed by atoms with Crippen LogP contribution in [0.4, 0.5) is 0 Å². The number of nitrogens with zero attached hydrogens (tertiary/aromatic N) is 1. The first-order chi connectivity index (χ1) is 5.93. The third-order valence-electron chi connectivity index (χ3n) is 1.63. The first kappa shape index (κ1) is 12.0. The van der Waals surface area contributed by atoms with Gasteiger partial charge in [0.15, 0.2) is 0 Å². The van der Waals surface area contributed by atoms with Crippen molar-refractivity contribution in [3.63, 3.8) is 0 Å². The number of rotatable bonds is 3. The maximum Gasteiger partial charge on any atom is 0.231 e.